The maximum atomic E-state index is 12.5. The minimum absolute atomic E-state index is 0.0226. The number of allylic oxidation sites excluding steroid dienone is 4. The Hall–Kier alpha value is -1.91. The second-order valence-electron chi connectivity index (χ2n) is 5.15. The number of hydrogen-bond donors (Lipinski definition) is 1. The highest BCUT2D eigenvalue weighted by Gasteiger charge is 2.54. The lowest BCUT2D eigenvalue weighted by Gasteiger charge is -2.44. The summed E-state index contributed by atoms with van der Waals surface area (Å²) < 4.78 is 4.96. The predicted octanol–water partition coefficient (Wildman–Crippen LogP) is 1.34. The number of carbonyl (C=O) groups is 3. The van der Waals surface area contributed by atoms with Gasteiger partial charge in [-0.15, -0.1) is 0 Å². The van der Waals surface area contributed by atoms with Crippen molar-refractivity contribution in [3.63, 3.8) is 0 Å². The van der Waals surface area contributed by atoms with E-state index in [2.05, 4.69) is 0 Å². The smallest absolute Gasteiger partial charge is 0.303 e. The number of ketones is 2. The van der Waals surface area contributed by atoms with Gasteiger partial charge in [-0.3, -0.25) is 14.4 Å². The molecule has 0 bridgehead atoms. The van der Waals surface area contributed by atoms with Crippen molar-refractivity contribution >= 4 is 17.5 Å². The Labute approximate surface area is 110 Å². The number of hydrogen-bond acceptors (Lipinski definition) is 4. The van der Waals surface area contributed by atoms with Crippen LogP contribution in [0.15, 0.2) is 24.0 Å². The summed E-state index contributed by atoms with van der Waals surface area (Å²) >= 11 is 0. The van der Waals surface area contributed by atoms with Crippen molar-refractivity contribution in [2.75, 3.05) is 7.11 Å². The van der Waals surface area contributed by atoms with Crippen LogP contribution in [-0.4, -0.2) is 29.8 Å². The second kappa shape index (κ2) is 4.64. The molecule has 0 aromatic carbocycles. The largest absolute Gasteiger partial charge is 0.493 e. The Morgan fingerprint density at radius 1 is 1.53 bits per heavy atom. The zero-order valence-corrected chi connectivity index (χ0v) is 10.9. The van der Waals surface area contributed by atoms with Gasteiger partial charge in [0.2, 0.25) is 5.78 Å². The van der Waals surface area contributed by atoms with Gasteiger partial charge in [0.25, 0.3) is 0 Å². The molecule has 0 saturated carbocycles. The molecule has 5 heteroatoms. The number of carboxylic acid groups (broad SMARTS) is 1. The summed E-state index contributed by atoms with van der Waals surface area (Å²) in [5, 5.41) is 8.97. The van der Waals surface area contributed by atoms with Crippen molar-refractivity contribution in [3.8, 4) is 0 Å². The first-order valence-corrected chi connectivity index (χ1v) is 6.14. The average molecular weight is 264 g/mol. The van der Waals surface area contributed by atoms with Crippen LogP contribution in [0.5, 0.6) is 0 Å². The van der Waals surface area contributed by atoms with E-state index in [-0.39, 0.29) is 23.7 Å². The SMILES string of the molecule is COC1=CC(=O)[C@@H]2CC=C[C@@H](CC(=O)O)[C@@]2(C)C1=O. The molecular formula is C14H16O5. The summed E-state index contributed by atoms with van der Waals surface area (Å²) in [7, 11) is 1.34. The van der Waals surface area contributed by atoms with Crippen molar-refractivity contribution in [2.24, 2.45) is 17.3 Å². The van der Waals surface area contributed by atoms with Gasteiger partial charge in [-0.2, -0.15) is 0 Å². The summed E-state index contributed by atoms with van der Waals surface area (Å²) in [4.78, 5) is 35.5. The first kappa shape index (κ1) is 13.5. The van der Waals surface area contributed by atoms with Gasteiger partial charge in [0, 0.05) is 17.9 Å². The number of ether oxygens (including phenoxy) is 1. The van der Waals surface area contributed by atoms with Crippen LogP contribution in [0.2, 0.25) is 0 Å². The third-order valence-electron chi connectivity index (χ3n) is 4.18. The fourth-order valence-electron chi connectivity index (χ4n) is 3.00. The molecule has 0 aromatic heterocycles. The molecule has 102 valence electrons. The molecule has 2 rings (SSSR count). The van der Waals surface area contributed by atoms with Crippen LogP contribution in [0, 0.1) is 17.3 Å². The van der Waals surface area contributed by atoms with Gasteiger partial charge in [-0.1, -0.05) is 19.1 Å². The fourth-order valence-corrected chi connectivity index (χ4v) is 3.00. The van der Waals surface area contributed by atoms with E-state index in [9.17, 15) is 14.4 Å². The zero-order valence-electron chi connectivity index (χ0n) is 10.9. The minimum atomic E-state index is -1.02. The van der Waals surface area contributed by atoms with E-state index >= 15 is 0 Å². The van der Waals surface area contributed by atoms with Crippen molar-refractivity contribution in [1.82, 2.24) is 0 Å². The molecule has 0 amide bonds. The first-order valence-electron chi connectivity index (χ1n) is 6.14. The summed E-state index contributed by atoms with van der Waals surface area (Å²) in [6, 6.07) is 0. The van der Waals surface area contributed by atoms with E-state index in [1.807, 2.05) is 0 Å². The van der Waals surface area contributed by atoms with Crippen LogP contribution in [0.25, 0.3) is 0 Å². The molecule has 0 heterocycles. The number of fused-ring (bicyclic) bond motifs is 1. The molecule has 3 atom stereocenters. The molecule has 0 aliphatic heterocycles. The van der Waals surface area contributed by atoms with E-state index in [4.69, 9.17) is 9.84 Å². The molecule has 0 unspecified atom stereocenters. The van der Waals surface area contributed by atoms with Gasteiger partial charge >= 0.3 is 5.97 Å². The molecule has 0 aromatic rings. The number of methoxy groups -OCH3 is 1. The Kier molecular flexibility index (Phi) is 3.30. The Morgan fingerprint density at radius 3 is 2.79 bits per heavy atom. The van der Waals surface area contributed by atoms with Gasteiger partial charge in [-0.25, -0.2) is 0 Å². The average Bonchev–Trinajstić information content (AvgIpc) is 2.35. The lowest BCUT2D eigenvalue weighted by molar-refractivity contribution is -0.146. The number of carboxylic acids is 1. The molecule has 1 N–H and O–H groups in total. The van der Waals surface area contributed by atoms with E-state index in [1.165, 1.54) is 13.2 Å². The third kappa shape index (κ3) is 1.99. The molecule has 0 radical (unpaired) electrons. The van der Waals surface area contributed by atoms with Crippen LogP contribution >= 0.6 is 0 Å². The highest BCUT2D eigenvalue weighted by Crippen LogP contribution is 2.48. The Balaban J connectivity index is 2.48. The van der Waals surface area contributed by atoms with E-state index in [0.717, 1.165) is 0 Å². The van der Waals surface area contributed by atoms with Crippen LogP contribution in [-0.2, 0) is 19.1 Å². The Morgan fingerprint density at radius 2 is 2.21 bits per heavy atom. The number of carbonyl (C=O) groups excluding carboxylic acids is 2. The maximum absolute atomic E-state index is 12.5. The van der Waals surface area contributed by atoms with E-state index in [1.54, 1.807) is 19.1 Å². The van der Waals surface area contributed by atoms with Crippen molar-refractivity contribution in [1.29, 1.82) is 0 Å². The quantitative estimate of drug-likeness (QED) is 0.778. The van der Waals surface area contributed by atoms with Gasteiger partial charge in [-0.05, 0) is 6.42 Å². The first-order chi connectivity index (χ1) is 8.91. The highest BCUT2D eigenvalue weighted by atomic mass is 16.5. The van der Waals surface area contributed by atoms with Crippen LogP contribution < -0.4 is 0 Å². The number of aliphatic carboxylic acids is 1. The predicted molar refractivity (Wildman–Crippen MR) is 66.2 cm³/mol. The third-order valence-corrected chi connectivity index (χ3v) is 4.18. The summed E-state index contributed by atoms with van der Waals surface area (Å²) in [5.41, 5.74) is -1.02. The fraction of sp³-hybridized carbons (Fsp3) is 0.500. The van der Waals surface area contributed by atoms with Crippen molar-refractivity contribution in [2.45, 2.75) is 19.8 Å². The maximum Gasteiger partial charge on any atom is 0.303 e. The second-order valence-corrected chi connectivity index (χ2v) is 5.15. The minimum Gasteiger partial charge on any atom is -0.493 e. The van der Waals surface area contributed by atoms with Gasteiger partial charge in [0.1, 0.15) is 0 Å². The van der Waals surface area contributed by atoms with Crippen molar-refractivity contribution < 1.29 is 24.2 Å². The lowest BCUT2D eigenvalue weighted by atomic mass is 9.57. The van der Waals surface area contributed by atoms with Crippen LogP contribution in [0.3, 0.4) is 0 Å². The van der Waals surface area contributed by atoms with E-state index < -0.39 is 23.2 Å². The topological polar surface area (TPSA) is 80.7 Å². The molecule has 2 aliphatic carbocycles. The van der Waals surface area contributed by atoms with Crippen molar-refractivity contribution in [3.05, 3.63) is 24.0 Å². The molecule has 2 aliphatic rings. The monoisotopic (exact) mass is 264 g/mol. The van der Waals surface area contributed by atoms with Gasteiger partial charge in [0.05, 0.1) is 18.9 Å². The van der Waals surface area contributed by atoms with Crippen LogP contribution in [0.4, 0.5) is 0 Å². The molecule has 19 heavy (non-hydrogen) atoms. The standard InChI is InChI=1S/C14H16O5/c1-14-8(6-12(16)17)4-3-5-9(14)10(15)7-11(19-2)13(14)18/h3-4,7-9H,5-6H2,1-2H3,(H,16,17)/t8-,9-,14+/m0/s1. The molecule has 0 fully saturated rings. The van der Waals surface area contributed by atoms with Gasteiger partial charge < -0.3 is 9.84 Å². The Bertz CT molecular complexity index is 502. The number of Topliss-reactive ketones (excluding diaryl/α,β-unsaturated/α-hetero) is 1. The normalized spacial score (nSPS) is 33.7. The highest BCUT2D eigenvalue weighted by molar-refractivity contribution is 6.12. The van der Waals surface area contributed by atoms with Crippen LogP contribution in [0.1, 0.15) is 19.8 Å². The summed E-state index contributed by atoms with van der Waals surface area (Å²) in [5.74, 6) is -2.39. The molecule has 5 nitrogen and oxygen atoms in total. The van der Waals surface area contributed by atoms with Gasteiger partial charge in [0.15, 0.2) is 11.5 Å². The number of rotatable bonds is 3. The zero-order chi connectivity index (χ0) is 14.2. The summed E-state index contributed by atoms with van der Waals surface area (Å²) in [6.07, 6.45) is 5.04. The van der Waals surface area contributed by atoms with E-state index in [0.29, 0.717) is 6.42 Å². The molecule has 0 saturated heterocycles. The molecule has 0 spiro atoms. The molecular weight excluding hydrogens is 248 g/mol. The summed E-state index contributed by atoms with van der Waals surface area (Å²) in [6.45, 7) is 1.67. The lowest BCUT2D eigenvalue weighted by Crippen LogP contribution is -2.50.